The second-order valence-corrected chi connectivity index (χ2v) is 5.49. The van der Waals surface area contributed by atoms with Crippen molar-refractivity contribution in [2.75, 3.05) is 0 Å². The van der Waals surface area contributed by atoms with Gasteiger partial charge in [-0.3, -0.25) is 11.3 Å². The van der Waals surface area contributed by atoms with E-state index in [4.69, 9.17) is 5.84 Å². The standard InChI is InChI=1S/C13H13F4N3S/c1-7-6-21-12(19-7)5-11(20-18)8-2-3-10(14)9(4-8)13(15,16)17/h2-4,6,11,20H,5,18H2,1H3. The molecule has 0 aliphatic heterocycles. The zero-order valence-electron chi connectivity index (χ0n) is 11.0. The summed E-state index contributed by atoms with van der Waals surface area (Å²) >= 11 is 1.40. The lowest BCUT2D eigenvalue weighted by atomic mass is 10.0. The van der Waals surface area contributed by atoms with Crippen LogP contribution in [0.5, 0.6) is 0 Å². The third kappa shape index (κ3) is 3.78. The number of nitrogens with two attached hydrogens (primary N) is 1. The van der Waals surface area contributed by atoms with Crippen LogP contribution in [0.4, 0.5) is 17.6 Å². The van der Waals surface area contributed by atoms with Crippen molar-refractivity contribution >= 4 is 11.3 Å². The normalized spacial score (nSPS) is 13.4. The lowest BCUT2D eigenvalue weighted by Crippen LogP contribution is -2.30. The molecule has 21 heavy (non-hydrogen) atoms. The maximum atomic E-state index is 13.3. The van der Waals surface area contributed by atoms with Crippen LogP contribution in [0.1, 0.15) is 27.9 Å². The lowest BCUT2D eigenvalue weighted by molar-refractivity contribution is -0.140. The number of benzene rings is 1. The SMILES string of the molecule is Cc1csc(CC(NN)c2ccc(F)c(C(F)(F)F)c2)n1. The molecule has 0 saturated carbocycles. The minimum Gasteiger partial charge on any atom is -0.271 e. The van der Waals surface area contributed by atoms with Crippen LogP contribution in [-0.4, -0.2) is 4.98 Å². The molecule has 0 saturated heterocycles. The number of hydrogen-bond donors (Lipinski definition) is 2. The Labute approximate surface area is 122 Å². The molecule has 0 bridgehead atoms. The summed E-state index contributed by atoms with van der Waals surface area (Å²) in [4.78, 5) is 4.24. The fraction of sp³-hybridized carbons (Fsp3) is 0.308. The summed E-state index contributed by atoms with van der Waals surface area (Å²) in [5.41, 5.74) is 2.25. The molecule has 0 aliphatic carbocycles. The second kappa shape index (κ2) is 6.08. The molecule has 0 aliphatic rings. The van der Waals surface area contributed by atoms with Crippen LogP contribution in [0, 0.1) is 12.7 Å². The number of thiazole rings is 1. The molecular weight excluding hydrogens is 306 g/mol. The van der Waals surface area contributed by atoms with Gasteiger partial charge in [-0.05, 0) is 24.6 Å². The van der Waals surface area contributed by atoms with Gasteiger partial charge in [0, 0.05) is 17.5 Å². The Morgan fingerprint density at radius 2 is 2.10 bits per heavy atom. The average molecular weight is 319 g/mol. The molecule has 1 heterocycles. The van der Waals surface area contributed by atoms with E-state index in [-0.39, 0.29) is 5.56 Å². The molecular formula is C13H13F4N3S. The Hall–Kier alpha value is -1.51. The summed E-state index contributed by atoms with van der Waals surface area (Å²) in [7, 11) is 0. The predicted octanol–water partition coefficient (Wildman–Crippen LogP) is 3.36. The zero-order chi connectivity index (χ0) is 15.6. The number of aryl methyl sites for hydroxylation is 1. The van der Waals surface area contributed by atoms with E-state index in [1.165, 1.54) is 17.4 Å². The molecule has 1 atom stereocenters. The van der Waals surface area contributed by atoms with Crippen LogP contribution in [0.25, 0.3) is 0 Å². The molecule has 0 spiro atoms. The fourth-order valence-electron chi connectivity index (χ4n) is 1.92. The molecule has 1 aromatic carbocycles. The van der Waals surface area contributed by atoms with Crippen molar-refractivity contribution in [2.45, 2.75) is 25.6 Å². The smallest absolute Gasteiger partial charge is 0.271 e. The van der Waals surface area contributed by atoms with E-state index >= 15 is 0 Å². The van der Waals surface area contributed by atoms with Gasteiger partial charge in [0.25, 0.3) is 0 Å². The second-order valence-electron chi connectivity index (χ2n) is 4.54. The highest BCUT2D eigenvalue weighted by Gasteiger charge is 2.34. The molecule has 2 aromatic rings. The number of alkyl halides is 3. The quantitative estimate of drug-likeness (QED) is 0.516. The summed E-state index contributed by atoms with van der Waals surface area (Å²) in [5.74, 6) is 4.11. The number of rotatable bonds is 4. The van der Waals surface area contributed by atoms with Crippen molar-refractivity contribution < 1.29 is 17.6 Å². The van der Waals surface area contributed by atoms with E-state index in [0.29, 0.717) is 6.42 Å². The van der Waals surface area contributed by atoms with E-state index in [1.807, 2.05) is 12.3 Å². The number of aromatic nitrogens is 1. The highest BCUT2D eigenvalue weighted by atomic mass is 32.1. The Bertz CT molecular complexity index is 624. The Balaban J connectivity index is 2.30. The Morgan fingerprint density at radius 1 is 1.38 bits per heavy atom. The first-order valence-electron chi connectivity index (χ1n) is 6.05. The summed E-state index contributed by atoms with van der Waals surface area (Å²) in [5, 5.41) is 2.59. The van der Waals surface area contributed by atoms with Gasteiger partial charge in [0.05, 0.1) is 16.6 Å². The number of hydrogen-bond acceptors (Lipinski definition) is 4. The topological polar surface area (TPSA) is 50.9 Å². The van der Waals surface area contributed by atoms with Gasteiger partial charge in [-0.2, -0.15) is 13.2 Å². The molecule has 0 amide bonds. The van der Waals surface area contributed by atoms with Crippen molar-refractivity contribution in [3.05, 3.63) is 51.2 Å². The summed E-state index contributed by atoms with van der Waals surface area (Å²) in [6.45, 7) is 1.82. The highest BCUT2D eigenvalue weighted by molar-refractivity contribution is 7.09. The molecule has 3 N–H and O–H groups in total. The summed E-state index contributed by atoms with van der Waals surface area (Å²) in [6, 6.07) is 2.29. The minimum atomic E-state index is -4.74. The zero-order valence-corrected chi connectivity index (χ0v) is 11.9. The van der Waals surface area contributed by atoms with Gasteiger partial charge in [-0.25, -0.2) is 9.37 Å². The van der Waals surface area contributed by atoms with E-state index in [2.05, 4.69) is 10.4 Å². The van der Waals surface area contributed by atoms with Crippen LogP contribution in [0.2, 0.25) is 0 Å². The van der Waals surface area contributed by atoms with Crippen LogP contribution >= 0.6 is 11.3 Å². The van der Waals surface area contributed by atoms with Gasteiger partial charge in [0.2, 0.25) is 0 Å². The van der Waals surface area contributed by atoms with Crippen LogP contribution in [0.15, 0.2) is 23.6 Å². The first kappa shape index (κ1) is 15.9. The van der Waals surface area contributed by atoms with E-state index in [0.717, 1.165) is 22.8 Å². The van der Waals surface area contributed by atoms with E-state index in [9.17, 15) is 17.6 Å². The molecule has 0 fully saturated rings. The maximum Gasteiger partial charge on any atom is 0.419 e. The highest BCUT2D eigenvalue weighted by Crippen LogP contribution is 2.33. The van der Waals surface area contributed by atoms with Gasteiger partial charge in [0.15, 0.2) is 0 Å². The monoisotopic (exact) mass is 319 g/mol. The Kier molecular flexibility index (Phi) is 4.60. The minimum absolute atomic E-state index is 0.263. The van der Waals surface area contributed by atoms with Gasteiger partial charge >= 0.3 is 6.18 Å². The van der Waals surface area contributed by atoms with Crippen LogP contribution in [-0.2, 0) is 12.6 Å². The van der Waals surface area contributed by atoms with Crippen molar-refractivity contribution in [1.29, 1.82) is 0 Å². The Morgan fingerprint density at radius 3 is 2.62 bits per heavy atom. The van der Waals surface area contributed by atoms with Crippen molar-refractivity contribution in [1.82, 2.24) is 10.4 Å². The summed E-state index contributed by atoms with van der Waals surface area (Å²) < 4.78 is 51.5. The molecule has 1 aromatic heterocycles. The van der Waals surface area contributed by atoms with Gasteiger partial charge in [-0.1, -0.05) is 6.07 Å². The van der Waals surface area contributed by atoms with E-state index in [1.54, 1.807) is 0 Å². The molecule has 114 valence electrons. The molecule has 8 heteroatoms. The maximum absolute atomic E-state index is 13.3. The number of nitrogens with one attached hydrogen (secondary N) is 1. The predicted molar refractivity (Wildman–Crippen MR) is 72.0 cm³/mol. The van der Waals surface area contributed by atoms with Gasteiger partial charge in [0.1, 0.15) is 5.82 Å². The van der Waals surface area contributed by atoms with Crippen molar-refractivity contribution in [2.24, 2.45) is 5.84 Å². The third-order valence-electron chi connectivity index (χ3n) is 2.94. The first-order chi connectivity index (χ1) is 9.81. The number of nitrogens with zero attached hydrogens (tertiary/aromatic N) is 1. The first-order valence-corrected chi connectivity index (χ1v) is 6.93. The van der Waals surface area contributed by atoms with Crippen molar-refractivity contribution in [3.63, 3.8) is 0 Å². The van der Waals surface area contributed by atoms with E-state index < -0.39 is 23.6 Å². The number of hydrazine groups is 1. The lowest BCUT2D eigenvalue weighted by Gasteiger charge is -2.17. The molecule has 0 radical (unpaired) electrons. The fourth-order valence-corrected chi connectivity index (χ4v) is 2.74. The molecule has 3 nitrogen and oxygen atoms in total. The largest absolute Gasteiger partial charge is 0.419 e. The van der Waals surface area contributed by atoms with Crippen LogP contribution in [0.3, 0.4) is 0 Å². The van der Waals surface area contributed by atoms with Crippen molar-refractivity contribution in [3.8, 4) is 0 Å². The molecule has 1 unspecified atom stereocenters. The summed E-state index contributed by atoms with van der Waals surface area (Å²) in [6.07, 6.45) is -4.41. The van der Waals surface area contributed by atoms with Crippen LogP contribution < -0.4 is 11.3 Å². The van der Waals surface area contributed by atoms with Gasteiger partial charge < -0.3 is 0 Å². The molecule has 2 rings (SSSR count). The van der Waals surface area contributed by atoms with Gasteiger partial charge in [-0.15, -0.1) is 11.3 Å². The third-order valence-corrected chi connectivity index (χ3v) is 3.93. The number of halogens is 4. The average Bonchev–Trinajstić information content (AvgIpc) is 2.81.